The lowest BCUT2D eigenvalue weighted by molar-refractivity contribution is -0.114. The van der Waals surface area contributed by atoms with E-state index in [4.69, 9.17) is 9.47 Å². The molecule has 34 heavy (non-hydrogen) atoms. The molecule has 1 heterocycles. The quantitative estimate of drug-likeness (QED) is 0.372. The number of hydrogen-bond donors (Lipinski definition) is 2. The molecule has 0 spiro atoms. The number of amides is 2. The number of carbonyl (C=O) groups excluding carboxylic acids is 3. The Kier molecular flexibility index (Phi) is 9.12. The minimum absolute atomic E-state index is 0.0655. The van der Waals surface area contributed by atoms with Crippen LogP contribution in [0.5, 0.6) is 5.75 Å². The number of methoxy groups -OCH3 is 1. The monoisotopic (exact) mass is 498 g/mol. The highest BCUT2D eigenvalue weighted by molar-refractivity contribution is 8.00. The van der Waals surface area contributed by atoms with Crippen molar-refractivity contribution in [2.24, 2.45) is 0 Å². The Bertz CT molecular complexity index is 1140. The lowest BCUT2D eigenvalue weighted by Crippen LogP contribution is -2.19. The third kappa shape index (κ3) is 6.85. The summed E-state index contributed by atoms with van der Waals surface area (Å²) in [6.07, 6.45) is 0. The first kappa shape index (κ1) is 25.3. The van der Waals surface area contributed by atoms with Crippen molar-refractivity contribution in [3.05, 3.63) is 65.0 Å². The largest absolute Gasteiger partial charge is 0.497 e. The van der Waals surface area contributed by atoms with Gasteiger partial charge in [0.05, 0.1) is 25.2 Å². The normalized spacial score (nSPS) is 10.4. The van der Waals surface area contributed by atoms with Crippen LogP contribution in [0.1, 0.15) is 22.8 Å². The smallest absolute Gasteiger partial charge is 0.341 e. The maximum Gasteiger partial charge on any atom is 0.341 e. The summed E-state index contributed by atoms with van der Waals surface area (Å²) < 4.78 is 10.3. The van der Waals surface area contributed by atoms with E-state index in [1.807, 2.05) is 36.6 Å². The molecule has 0 radical (unpaired) electrons. The molecular weight excluding hydrogens is 472 g/mol. The molecule has 0 saturated carbocycles. The Morgan fingerprint density at radius 2 is 1.59 bits per heavy atom. The van der Waals surface area contributed by atoms with E-state index in [0.29, 0.717) is 27.6 Å². The summed E-state index contributed by atoms with van der Waals surface area (Å²) in [5.74, 6) is -0.121. The first-order valence-electron chi connectivity index (χ1n) is 10.6. The van der Waals surface area contributed by atoms with Crippen LogP contribution in [-0.4, -0.2) is 43.0 Å². The van der Waals surface area contributed by atoms with Gasteiger partial charge < -0.3 is 20.1 Å². The molecule has 2 amide bonds. The number of aryl methyl sites for hydroxylation is 1. The number of rotatable bonds is 10. The van der Waals surface area contributed by atoms with Gasteiger partial charge in [-0.25, -0.2) is 4.79 Å². The molecule has 3 rings (SSSR count). The molecule has 2 aromatic carbocycles. The minimum Gasteiger partial charge on any atom is -0.497 e. The van der Waals surface area contributed by atoms with Gasteiger partial charge in [-0.05, 0) is 43.7 Å². The van der Waals surface area contributed by atoms with E-state index in [-0.39, 0.29) is 29.9 Å². The predicted molar refractivity (Wildman–Crippen MR) is 138 cm³/mol. The van der Waals surface area contributed by atoms with E-state index in [9.17, 15) is 14.4 Å². The highest BCUT2D eigenvalue weighted by Crippen LogP contribution is 2.36. The van der Waals surface area contributed by atoms with Gasteiger partial charge in [-0.15, -0.1) is 23.1 Å². The summed E-state index contributed by atoms with van der Waals surface area (Å²) in [6.45, 7) is 3.96. The Labute approximate surface area is 206 Å². The van der Waals surface area contributed by atoms with Crippen molar-refractivity contribution in [3.8, 4) is 16.9 Å². The summed E-state index contributed by atoms with van der Waals surface area (Å²) >= 11 is 2.46. The average Bonchev–Trinajstić information content (AvgIpc) is 3.23. The number of esters is 1. The Hall–Kier alpha value is -3.30. The summed E-state index contributed by atoms with van der Waals surface area (Å²) in [5, 5.41) is 7.84. The van der Waals surface area contributed by atoms with E-state index in [1.165, 1.54) is 23.1 Å². The van der Waals surface area contributed by atoms with E-state index in [2.05, 4.69) is 10.6 Å². The maximum absolute atomic E-state index is 12.7. The summed E-state index contributed by atoms with van der Waals surface area (Å²) in [7, 11) is 1.57. The van der Waals surface area contributed by atoms with Gasteiger partial charge in [-0.2, -0.15) is 0 Å². The lowest BCUT2D eigenvalue weighted by Gasteiger charge is -2.09. The third-order valence-electron chi connectivity index (χ3n) is 4.73. The highest BCUT2D eigenvalue weighted by Gasteiger charge is 2.22. The zero-order chi connectivity index (χ0) is 24.5. The second-order valence-electron chi connectivity index (χ2n) is 7.26. The van der Waals surface area contributed by atoms with Crippen molar-refractivity contribution >= 4 is 51.6 Å². The molecule has 3 aromatic rings. The van der Waals surface area contributed by atoms with Gasteiger partial charge in [0.25, 0.3) is 0 Å². The molecular formula is C25H26N2O5S2. The number of carbonyl (C=O) groups is 3. The molecule has 9 heteroatoms. The van der Waals surface area contributed by atoms with Crippen LogP contribution in [0.25, 0.3) is 11.1 Å². The van der Waals surface area contributed by atoms with Crippen molar-refractivity contribution < 1.29 is 23.9 Å². The van der Waals surface area contributed by atoms with Crippen LogP contribution in [-0.2, 0) is 14.3 Å². The Morgan fingerprint density at radius 3 is 2.21 bits per heavy atom. The first-order valence-corrected chi connectivity index (χ1v) is 12.6. The van der Waals surface area contributed by atoms with Gasteiger partial charge in [0.1, 0.15) is 16.3 Å². The second-order valence-corrected chi connectivity index (χ2v) is 9.12. The van der Waals surface area contributed by atoms with Crippen molar-refractivity contribution in [1.29, 1.82) is 0 Å². The van der Waals surface area contributed by atoms with E-state index in [0.717, 1.165) is 11.1 Å². The van der Waals surface area contributed by atoms with Crippen molar-refractivity contribution in [2.75, 3.05) is 35.9 Å². The third-order valence-corrected chi connectivity index (χ3v) is 6.55. The fourth-order valence-corrected chi connectivity index (χ4v) is 4.66. The van der Waals surface area contributed by atoms with Gasteiger partial charge in [0.2, 0.25) is 11.8 Å². The molecule has 178 valence electrons. The van der Waals surface area contributed by atoms with Crippen molar-refractivity contribution in [2.45, 2.75) is 13.8 Å². The lowest BCUT2D eigenvalue weighted by atomic mass is 10.0. The number of anilines is 2. The molecule has 2 N–H and O–H groups in total. The molecule has 0 bridgehead atoms. The summed E-state index contributed by atoms with van der Waals surface area (Å²) in [4.78, 5) is 37.3. The van der Waals surface area contributed by atoms with Crippen LogP contribution in [0.15, 0.2) is 53.9 Å². The number of thiophene rings is 1. The number of thioether (sulfide) groups is 1. The van der Waals surface area contributed by atoms with Crippen molar-refractivity contribution in [3.63, 3.8) is 0 Å². The molecule has 0 aliphatic rings. The van der Waals surface area contributed by atoms with Crippen LogP contribution >= 0.6 is 23.1 Å². The number of hydrogen-bond acceptors (Lipinski definition) is 7. The number of benzene rings is 2. The topological polar surface area (TPSA) is 93.7 Å². The molecule has 0 aliphatic carbocycles. The molecule has 1 aromatic heterocycles. The van der Waals surface area contributed by atoms with Crippen LogP contribution in [0.3, 0.4) is 0 Å². The number of ether oxygens (including phenoxy) is 2. The Morgan fingerprint density at radius 1 is 0.941 bits per heavy atom. The van der Waals surface area contributed by atoms with Gasteiger partial charge >= 0.3 is 5.97 Å². The fraction of sp³-hybridized carbons (Fsp3) is 0.240. The molecule has 0 aliphatic heterocycles. The summed E-state index contributed by atoms with van der Waals surface area (Å²) in [5.41, 5.74) is 3.68. The van der Waals surface area contributed by atoms with E-state index < -0.39 is 5.97 Å². The van der Waals surface area contributed by atoms with Gasteiger partial charge in [0, 0.05) is 16.6 Å². The minimum atomic E-state index is -0.485. The van der Waals surface area contributed by atoms with Crippen LogP contribution in [0.2, 0.25) is 0 Å². The van der Waals surface area contributed by atoms with Crippen LogP contribution < -0.4 is 15.4 Å². The molecule has 0 unspecified atom stereocenters. The predicted octanol–water partition coefficient (Wildman–Crippen LogP) is 5.22. The average molecular weight is 499 g/mol. The number of nitrogens with one attached hydrogen (secondary N) is 2. The van der Waals surface area contributed by atoms with E-state index >= 15 is 0 Å². The molecule has 0 fully saturated rings. The fourth-order valence-electron chi connectivity index (χ4n) is 3.07. The highest BCUT2D eigenvalue weighted by atomic mass is 32.2. The zero-order valence-electron chi connectivity index (χ0n) is 19.2. The van der Waals surface area contributed by atoms with Gasteiger partial charge in [0.15, 0.2) is 0 Å². The van der Waals surface area contributed by atoms with Gasteiger partial charge in [-0.1, -0.05) is 29.8 Å². The SMILES string of the molecule is CCOC(=O)c1c(-c2ccc(C)cc2)csc1NC(=O)CSCC(=O)Nc1ccc(OC)cc1. The summed E-state index contributed by atoms with van der Waals surface area (Å²) in [6, 6.07) is 14.8. The zero-order valence-corrected chi connectivity index (χ0v) is 20.8. The molecule has 0 atom stereocenters. The Balaban J connectivity index is 1.59. The molecule has 0 saturated heterocycles. The van der Waals surface area contributed by atoms with Crippen LogP contribution in [0, 0.1) is 6.92 Å². The maximum atomic E-state index is 12.7. The van der Waals surface area contributed by atoms with Gasteiger partial charge in [-0.3, -0.25) is 9.59 Å². The molecule has 7 nitrogen and oxygen atoms in total. The van der Waals surface area contributed by atoms with Crippen LogP contribution in [0.4, 0.5) is 10.7 Å². The first-order chi connectivity index (χ1) is 16.4. The standard InChI is InChI=1S/C25H26N2O5S2/c1-4-32-25(30)23-20(17-7-5-16(2)6-8-17)13-34-24(23)27-22(29)15-33-14-21(28)26-18-9-11-19(31-3)12-10-18/h5-13H,4,14-15H2,1-3H3,(H,26,28)(H,27,29). The second kappa shape index (κ2) is 12.2. The van der Waals surface area contributed by atoms with E-state index in [1.54, 1.807) is 38.3 Å². The van der Waals surface area contributed by atoms with Crippen molar-refractivity contribution in [1.82, 2.24) is 0 Å².